The van der Waals surface area contributed by atoms with Crippen molar-refractivity contribution in [3.05, 3.63) is 41.0 Å². The Morgan fingerprint density at radius 1 is 1.38 bits per heavy atom. The second kappa shape index (κ2) is 5.37. The number of carbonyl (C=O) groups is 2. The number of aliphatic carboxylic acids is 1. The molecule has 0 radical (unpaired) electrons. The van der Waals surface area contributed by atoms with Crippen molar-refractivity contribution < 1.29 is 19.8 Å². The Bertz CT molecular complexity index is 451. The van der Waals surface area contributed by atoms with E-state index in [0.717, 1.165) is 11.8 Å². The maximum Gasteiger partial charge on any atom is 0.345 e. The Hall–Kier alpha value is -1.75. The predicted octanol–water partition coefficient (Wildman–Crippen LogP) is 2.47. The molecule has 1 aromatic carbocycles. The first-order valence-corrected chi connectivity index (χ1v) is 5.22. The third-order valence-electron chi connectivity index (χ3n) is 1.80. The Labute approximate surface area is 96.6 Å². The Balaban J connectivity index is 2.94. The number of carboxylic acids is 1. The van der Waals surface area contributed by atoms with Gasteiger partial charge in [-0.15, -0.1) is 0 Å². The van der Waals surface area contributed by atoms with Crippen LogP contribution in [0.5, 0.6) is 0 Å². The van der Waals surface area contributed by atoms with Crippen molar-refractivity contribution in [1.29, 1.82) is 0 Å². The molecular weight excluding hydrogens is 228 g/mol. The fraction of sp³-hybridized carbons (Fsp3) is 0.0909. The van der Waals surface area contributed by atoms with E-state index in [0.29, 0.717) is 16.7 Å². The van der Waals surface area contributed by atoms with Crippen molar-refractivity contribution in [3.63, 3.8) is 0 Å². The van der Waals surface area contributed by atoms with Crippen LogP contribution in [0, 0.1) is 0 Å². The summed E-state index contributed by atoms with van der Waals surface area (Å²) in [6.07, 6.45) is 0.535. The fourth-order valence-electron chi connectivity index (χ4n) is 1.03. The minimum absolute atomic E-state index is 0.0905. The summed E-state index contributed by atoms with van der Waals surface area (Å²) in [6, 6.07) is 6.56. The summed E-state index contributed by atoms with van der Waals surface area (Å²) >= 11 is 0.888. The first-order valence-electron chi connectivity index (χ1n) is 4.41. The van der Waals surface area contributed by atoms with Crippen molar-refractivity contribution in [3.8, 4) is 0 Å². The van der Waals surface area contributed by atoms with Crippen molar-refractivity contribution in [2.75, 3.05) is 0 Å². The van der Waals surface area contributed by atoms with Crippen LogP contribution < -0.4 is 0 Å². The monoisotopic (exact) mass is 238 g/mol. The van der Waals surface area contributed by atoms with Crippen molar-refractivity contribution >= 4 is 23.5 Å². The number of Topliss-reactive ketones (excluding diaryl/α,β-unsaturated/α-hetero) is 1. The molecule has 0 aromatic heterocycles. The van der Waals surface area contributed by atoms with Crippen LogP contribution in [0.4, 0.5) is 0 Å². The number of aliphatic hydroxyl groups excluding tert-OH is 1. The molecule has 0 amide bonds. The predicted molar refractivity (Wildman–Crippen MR) is 60.7 cm³/mol. The molecule has 0 aliphatic rings. The van der Waals surface area contributed by atoms with Gasteiger partial charge in [-0.1, -0.05) is 23.9 Å². The topological polar surface area (TPSA) is 74.6 Å². The Morgan fingerprint density at radius 3 is 2.56 bits per heavy atom. The first-order chi connectivity index (χ1) is 7.54. The highest BCUT2D eigenvalue weighted by atomic mass is 32.2. The Morgan fingerprint density at radius 2 is 2.06 bits per heavy atom. The van der Waals surface area contributed by atoms with Crippen LogP contribution in [0.15, 0.2) is 40.3 Å². The van der Waals surface area contributed by atoms with Crippen LogP contribution in [0.1, 0.15) is 17.3 Å². The highest BCUT2D eigenvalue weighted by molar-refractivity contribution is 8.04. The van der Waals surface area contributed by atoms with E-state index in [9.17, 15) is 9.59 Å². The second-order valence-corrected chi connectivity index (χ2v) is 4.10. The third kappa shape index (κ3) is 3.13. The average molecular weight is 238 g/mol. The number of carbonyl (C=O) groups excluding carboxylic acids is 1. The van der Waals surface area contributed by atoms with Crippen LogP contribution in [0.2, 0.25) is 0 Å². The number of benzene rings is 1. The molecule has 0 bridgehead atoms. The molecular formula is C11H10O4S. The standard InChI is InChI=1S/C11H10O4S/c1-7(13)8-3-2-4-9(5-8)16-10(6-12)11(14)15/h2-6,12H,1H3,(H,14,15). The number of thioether (sulfide) groups is 1. The maximum absolute atomic E-state index is 11.1. The van der Waals surface area contributed by atoms with Crippen LogP contribution in [0.3, 0.4) is 0 Å². The van der Waals surface area contributed by atoms with Crippen LogP contribution in [-0.2, 0) is 4.79 Å². The third-order valence-corrected chi connectivity index (χ3v) is 2.79. The number of aliphatic hydroxyl groups is 1. The lowest BCUT2D eigenvalue weighted by Gasteiger charge is -2.02. The molecule has 0 unspecified atom stereocenters. The molecule has 0 aliphatic heterocycles. The Kier molecular flexibility index (Phi) is 4.13. The zero-order chi connectivity index (χ0) is 12.1. The molecule has 0 atom stereocenters. The van der Waals surface area contributed by atoms with Crippen molar-refractivity contribution in [2.24, 2.45) is 0 Å². The van der Waals surface area contributed by atoms with Gasteiger partial charge in [-0.2, -0.15) is 0 Å². The molecule has 0 heterocycles. The highest BCUT2D eigenvalue weighted by Crippen LogP contribution is 2.27. The second-order valence-electron chi connectivity index (χ2n) is 2.98. The average Bonchev–Trinajstić information content (AvgIpc) is 2.25. The summed E-state index contributed by atoms with van der Waals surface area (Å²) in [7, 11) is 0. The molecule has 0 spiro atoms. The summed E-state index contributed by atoms with van der Waals surface area (Å²) in [6.45, 7) is 1.43. The van der Waals surface area contributed by atoms with Gasteiger partial charge >= 0.3 is 5.97 Å². The van der Waals surface area contributed by atoms with Gasteiger partial charge in [0.25, 0.3) is 0 Å². The number of rotatable bonds is 4. The minimum Gasteiger partial charge on any atom is -0.514 e. The summed E-state index contributed by atoms with van der Waals surface area (Å²) in [4.78, 5) is 22.1. The van der Waals surface area contributed by atoms with Gasteiger partial charge in [0.2, 0.25) is 0 Å². The number of hydrogen-bond donors (Lipinski definition) is 2. The van der Waals surface area contributed by atoms with E-state index in [4.69, 9.17) is 10.2 Å². The van der Waals surface area contributed by atoms with Gasteiger partial charge < -0.3 is 10.2 Å². The summed E-state index contributed by atoms with van der Waals surface area (Å²) in [5, 5.41) is 17.4. The molecule has 1 aromatic rings. The van der Waals surface area contributed by atoms with Gasteiger partial charge in [0.15, 0.2) is 5.78 Å². The van der Waals surface area contributed by atoms with E-state index in [1.54, 1.807) is 24.3 Å². The van der Waals surface area contributed by atoms with Crippen LogP contribution in [0.25, 0.3) is 0 Å². The van der Waals surface area contributed by atoms with Gasteiger partial charge in [0.05, 0.1) is 0 Å². The molecule has 1 rings (SSSR count). The van der Waals surface area contributed by atoms with Crippen molar-refractivity contribution in [1.82, 2.24) is 0 Å². The summed E-state index contributed by atoms with van der Waals surface area (Å²) in [5.74, 6) is -1.30. The lowest BCUT2D eigenvalue weighted by molar-refractivity contribution is -0.131. The quantitative estimate of drug-likeness (QED) is 0.365. The number of carboxylic acid groups (broad SMARTS) is 1. The normalized spacial score (nSPS) is 11.2. The van der Waals surface area contributed by atoms with Gasteiger partial charge in [0, 0.05) is 10.5 Å². The smallest absolute Gasteiger partial charge is 0.345 e. The zero-order valence-corrected chi connectivity index (χ0v) is 9.32. The van der Waals surface area contributed by atoms with E-state index in [1.165, 1.54) is 6.92 Å². The van der Waals surface area contributed by atoms with Crippen LogP contribution in [-0.4, -0.2) is 22.0 Å². The van der Waals surface area contributed by atoms with E-state index >= 15 is 0 Å². The zero-order valence-electron chi connectivity index (χ0n) is 8.51. The van der Waals surface area contributed by atoms with E-state index in [1.807, 2.05) is 0 Å². The van der Waals surface area contributed by atoms with Gasteiger partial charge in [-0.25, -0.2) is 4.79 Å². The molecule has 84 valence electrons. The lowest BCUT2D eigenvalue weighted by atomic mass is 10.2. The molecule has 16 heavy (non-hydrogen) atoms. The summed E-state index contributed by atoms with van der Waals surface area (Å²) < 4.78 is 0. The minimum atomic E-state index is -1.21. The van der Waals surface area contributed by atoms with E-state index in [-0.39, 0.29) is 10.7 Å². The van der Waals surface area contributed by atoms with E-state index in [2.05, 4.69) is 0 Å². The van der Waals surface area contributed by atoms with Crippen LogP contribution >= 0.6 is 11.8 Å². The van der Waals surface area contributed by atoms with E-state index < -0.39 is 5.97 Å². The molecule has 2 N–H and O–H groups in total. The molecule has 0 fully saturated rings. The van der Waals surface area contributed by atoms with Gasteiger partial charge in [-0.05, 0) is 19.1 Å². The maximum atomic E-state index is 11.1. The first kappa shape index (κ1) is 12.3. The molecule has 0 aliphatic carbocycles. The lowest BCUT2D eigenvalue weighted by Crippen LogP contribution is -1.97. The highest BCUT2D eigenvalue weighted by Gasteiger charge is 2.10. The molecule has 0 saturated carbocycles. The molecule has 0 saturated heterocycles. The van der Waals surface area contributed by atoms with Crippen molar-refractivity contribution in [2.45, 2.75) is 11.8 Å². The summed E-state index contributed by atoms with van der Waals surface area (Å²) in [5.41, 5.74) is 0.507. The largest absolute Gasteiger partial charge is 0.514 e. The molecule has 4 nitrogen and oxygen atoms in total. The SMILES string of the molecule is CC(=O)c1cccc(SC(=CO)C(=O)O)c1. The van der Waals surface area contributed by atoms with Gasteiger partial charge in [0.1, 0.15) is 11.2 Å². The fourth-order valence-corrected chi connectivity index (χ4v) is 1.76. The number of ketones is 1. The number of hydrogen-bond acceptors (Lipinski definition) is 4. The van der Waals surface area contributed by atoms with Gasteiger partial charge in [-0.3, -0.25) is 4.79 Å². The molecule has 5 heteroatoms.